The smallest absolute Gasteiger partial charge is 0.207 e. The van der Waals surface area contributed by atoms with E-state index in [9.17, 15) is 16.8 Å². The molecule has 240 valence electrons. The molecule has 0 unspecified atom stereocenters. The van der Waals surface area contributed by atoms with Crippen molar-refractivity contribution in [2.24, 2.45) is 0 Å². The second kappa shape index (κ2) is 18.8. The van der Waals surface area contributed by atoms with Crippen LogP contribution in [0.4, 0.5) is 0 Å². The zero-order chi connectivity index (χ0) is 32.6. The van der Waals surface area contributed by atoms with Crippen LogP contribution in [0.3, 0.4) is 0 Å². The van der Waals surface area contributed by atoms with Crippen molar-refractivity contribution in [3.63, 3.8) is 0 Å². The molecule has 8 heteroatoms. The van der Waals surface area contributed by atoms with Crippen LogP contribution in [0.1, 0.15) is 76.3 Å². The van der Waals surface area contributed by atoms with E-state index in [4.69, 9.17) is 0 Å². The summed E-state index contributed by atoms with van der Waals surface area (Å²) < 4.78 is 58.6. The zero-order valence-corrected chi connectivity index (χ0v) is 28.5. The first-order valence-corrected chi connectivity index (χ1v) is 18.4. The number of hydrogen-bond acceptors (Lipinski definition) is 4. The normalized spacial score (nSPS) is 13.5. The Kier molecular flexibility index (Phi) is 15.9. The van der Waals surface area contributed by atoms with Gasteiger partial charge >= 0.3 is 0 Å². The lowest BCUT2D eigenvalue weighted by atomic mass is 10.1. The molecule has 0 spiro atoms. The summed E-state index contributed by atoms with van der Waals surface area (Å²) >= 11 is 0. The third-order valence-electron chi connectivity index (χ3n) is 7.56. The van der Waals surface area contributed by atoms with E-state index in [1.165, 1.54) is 8.61 Å². The molecule has 0 amide bonds. The molecule has 2 aromatic rings. The number of rotatable bonds is 20. The summed E-state index contributed by atoms with van der Waals surface area (Å²) in [6, 6.07) is 12.8. The highest BCUT2D eigenvalue weighted by atomic mass is 32.2. The van der Waals surface area contributed by atoms with Crippen LogP contribution in [-0.4, -0.2) is 50.6 Å². The van der Waals surface area contributed by atoms with Gasteiger partial charge in [0.05, 0.1) is 21.9 Å². The minimum absolute atomic E-state index is 0.0708. The van der Waals surface area contributed by atoms with Gasteiger partial charge in [-0.1, -0.05) is 113 Å². The second-order valence-electron chi connectivity index (χ2n) is 11.1. The SMILES string of the molecule is C=C=C[C@H](CCCCC)N(C/C=C/CN([C@H](C=C=C)CCCCC)S(=O)(=O)c1ccc(C)cc1)S(=O)(=O)c1ccc(C)cc1. The Labute approximate surface area is 267 Å². The van der Waals surface area contributed by atoms with Crippen LogP contribution in [0, 0.1) is 13.8 Å². The molecule has 0 saturated heterocycles. The van der Waals surface area contributed by atoms with Crippen molar-refractivity contribution in [1.29, 1.82) is 0 Å². The summed E-state index contributed by atoms with van der Waals surface area (Å²) in [6.45, 7) is 15.6. The highest BCUT2D eigenvalue weighted by Crippen LogP contribution is 2.25. The number of aryl methyl sites for hydroxylation is 2. The Hall–Kier alpha value is -2.96. The average molecular weight is 639 g/mol. The van der Waals surface area contributed by atoms with Crippen molar-refractivity contribution in [3.05, 3.63) is 109 Å². The quantitative estimate of drug-likeness (QED) is 0.0834. The molecule has 0 radical (unpaired) electrons. The molecule has 0 aromatic heterocycles. The van der Waals surface area contributed by atoms with E-state index >= 15 is 0 Å². The largest absolute Gasteiger partial charge is 0.243 e. The van der Waals surface area contributed by atoms with Crippen LogP contribution >= 0.6 is 0 Å². The van der Waals surface area contributed by atoms with Crippen LogP contribution in [-0.2, 0) is 20.0 Å². The van der Waals surface area contributed by atoms with Crippen molar-refractivity contribution in [2.75, 3.05) is 13.1 Å². The highest BCUT2D eigenvalue weighted by Gasteiger charge is 2.31. The molecule has 2 aromatic carbocycles. The molecular weight excluding hydrogens is 589 g/mol. The maximum atomic E-state index is 13.9. The molecule has 0 aliphatic carbocycles. The number of sulfonamides is 2. The number of benzene rings is 2. The van der Waals surface area contributed by atoms with Crippen LogP contribution in [0.5, 0.6) is 0 Å². The van der Waals surface area contributed by atoms with Gasteiger partial charge in [0, 0.05) is 13.1 Å². The Bertz CT molecular complexity index is 1380. The first-order chi connectivity index (χ1) is 21.0. The Morgan fingerprint density at radius 3 is 1.27 bits per heavy atom. The van der Waals surface area contributed by atoms with Crippen molar-refractivity contribution in [1.82, 2.24) is 8.61 Å². The Morgan fingerprint density at radius 2 is 0.977 bits per heavy atom. The van der Waals surface area contributed by atoms with Gasteiger partial charge in [-0.05, 0) is 63.1 Å². The van der Waals surface area contributed by atoms with Crippen LogP contribution in [0.25, 0.3) is 0 Å². The monoisotopic (exact) mass is 638 g/mol. The minimum atomic E-state index is -3.87. The second-order valence-corrected chi connectivity index (χ2v) is 14.9. The molecule has 0 saturated carbocycles. The van der Waals surface area contributed by atoms with Crippen molar-refractivity contribution < 1.29 is 16.8 Å². The summed E-state index contributed by atoms with van der Waals surface area (Å²) in [5.74, 6) is 0. The van der Waals surface area contributed by atoms with E-state index in [-0.39, 0.29) is 22.9 Å². The van der Waals surface area contributed by atoms with Crippen molar-refractivity contribution >= 4 is 20.0 Å². The number of nitrogens with zero attached hydrogens (tertiary/aromatic N) is 2. The van der Waals surface area contributed by atoms with Crippen LogP contribution in [0.2, 0.25) is 0 Å². The molecule has 0 heterocycles. The van der Waals surface area contributed by atoms with E-state index in [1.54, 1.807) is 72.8 Å². The van der Waals surface area contributed by atoms with E-state index < -0.39 is 32.1 Å². The van der Waals surface area contributed by atoms with Crippen molar-refractivity contribution in [3.8, 4) is 0 Å². The summed E-state index contributed by atoms with van der Waals surface area (Å²) in [5, 5.41) is 0. The van der Waals surface area contributed by atoms with E-state index in [2.05, 4.69) is 38.5 Å². The molecular formula is C36H50N2O4S2. The van der Waals surface area contributed by atoms with Gasteiger partial charge in [0.1, 0.15) is 0 Å². The van der Waals surface area contributed by atoms with E-state index in [1.807, 2.05) is 13.8 Å². The maximum absolute atomic E-state index is 13.9. The minimum Gasteiger partial charge on any atom is -0.207 e. The standard InChI is InChI=1S/C36H50N2O4S2/c1-7-11-13-19-33(17-9-3)37(43(39,40)35-25-21-31(5)22-26-35)29-15-16-30-38(34(18-10-4)20-14-12-8-2)44(41,42)36-27-23-32(6)24-28-36/h15-18,21-28,33-34H,3-4,7-8,11-14,19-20,29-30H2,1-2,5-6H3/b16-15+/t33-,34-/m1/s1. The summed E-state index contributed by atoms with van der Waals surface area (Å²) in [6.07, 6.45) is 13.9. The first-order valence-electron chi connectivity index (χ1n) is 15.6. The third kappa shape index (κ3) is 10.9. The fourth-order valence-corrected chi connectivity index (χ4v) is 8.08. The van der Waals surface area contributed by atoms with Crippen LogP contribution in [0.15, 0.2) is 107 Å². The maximum Gasteiger partial charge on any atom is 0.243 e. The molecule has 0 fully saturated rings. The molecule has 0 bridgehead atoms. The lowest BCUT2D eigenvalue weighted by Gasteiger charge is -2.29. The lowest BCUT2D eigenvalue weighted by molar-refractivity contribution is 0.358. The fraction of sp³-hybridized carbons (Fsp3) is 0.444. The van der Waals surface area contributed by atoms with Gasteiger partial charge in [-0.15, -0.1) is 11.5 Å². The molecule has 44 heavy (non-hydrogen) atoms. The van der Waals surface area contributed by atoms with E-state index in [0.29, 0.717) is 12.8 Å². The van der Waals surface area contributed by atoms with E-state index in [0.717, 1.165) is 49.7 Å². The number of hydrogen-bond donors (Lipinski definition) is 0. The molecule has 0 N–H and O–H groups in total. The van der Waals surface area contributed by atoms with Crippen molar-refractivity contribution in [2.45, 2.75) is 101 Å². The average Bonchev–Trinajstić information content (AvgIpc) is 2.99. The van der Waals surface area contributed by atoms with Gasteiger partial charge in [-0.25, -0.2) is 16.8 Å². The van der Waals surface area contributed by atoms with Gasteiger partial charge in [-0.2, -0.15) is 8.61 Å². The highest BCUT2D eigenvalue weighted by molar-refractivity contribution is 7.89. The molecule has 6 nitrogen and oxygen atoms in total. The predicted molar refractivity (Wildman–Crippen MR) is 183 cm³/mol. The Morgan fingerprint density at radius 1 is 0.636 bits per heavy atom. The Balaban J connectivity index is 2.48. The van der Waals surface area contributed by atoms with Gasteiger partial charge in [-0.3, -0.25) is 0 Å². The number of unbranched alkanes of at least 4 members (excludes halogenated alkanes) is 4. The van der Waals surface area contributed by atoms with Gasteiger partial charge in [0.15, 0.2) is 0 Å². The van der Waals surface area contributed by atoms with Crippen LogP contribution < -0.4 is 0 Å². The summed E-state index contributed by atoms with van der Waals surface area (Å²) in [7, 11) is -7.73. The first kappa shape index (κ1) is 37.2. The zero-order valence-electron chi connectivity index (χ0n) is 26.9. The summed E-state index contributed by atoms with van der Waals surface area (Å²) in [5.41, 5.74) is 7.54. The topological polar surface area (TPSA) is 74.8 Å². The molecule has 2 rings (SSSR count). The molecule has 0 aliphatic rings. The molecule has 2 atom stereocenters. The fourth-order valence-electron chi connectivity index (χ4n) is 4.97. The predicted octanol–water partition coefficient (Wildman–Crippen LogP) is 8.12. The van der Waals surface area contributed by atoms with Gasteiger partial charge in [0.2, 0.25) is 20.0 Å². The lowest BCUT2D eigenvalue weighted by Crippen LogP contribution is -2.40. The molecule has 0 aliphatic heterocycles. The summed E-state index contributed by atoms with van der Waals surface area (Å²) in [4.78, 5) is 0.426. The van der Waals surface area contributed by atoms with Gasteiger partial charge in [0.25, 0.3) is 0 Å². The third-order valence-corrected chi connectivity index (χ3v) is 11.4. The van der Waals surface area contributed by atoms with Gasteiger partial charge < -0.3 is 0 Å².